The average molecular weight is 293 g/mol. The van der Waals surface area contributed by atoms with Gasteiger partial charge in [0.25, 0.3) is 0 Å². The van der Waals surface area contributed by atoms with Gasteiger partial charge < -0.3 is 15.0 Å². The fraction of sp³-hybridized carbons (Fsp3) is 0.286. The van der Waals surface area contributed by atoms with E-state index in [1.54, 1.807) is 20.8 Å². The second kappa shape index (κ2) is 5.43. The highest BCUT2D eigenvalue weighted by atomic mass is 19.1. The maximum Gasteiger partial charge on any atom is 0.412 e. The number of carbonyl (C=O) groups excluding carboxylic acids is 1. The van der Waals surface area contributed by atoms with Crippen LogP contribution in [0.15, 0.2) is 28.8 Å². The Labute approximate surface area is 121 Å². The van der Waals surface area contributed by atoms with Crippen LogP contribution in [0.1, 0.15) is 20.8 Å². The van der Waals surface area contributed by atoms with Crippen molar-refractivity contribution in [1.82, 2.24) is 5.16 Å². The first-order valence-electron chi connectivity index (χ1n) is 6.27. The van der Waals surface area contributed by atoms with Crippen molar-refractivity contribution < 1.29 is 18.4 Å². The molecule has 0 radical (unpaired) electrons. The highest BCUT2D eigenvalue weighted by Crippen LogP contribution is 2.30. The molecule has 0 saturated carbocycles. The van der Waals surface area contributed by atoms with Crippen LogP contribution >= 0.6 is 0 Å². The molecule has 6 nitrogen and oxygen atoms in total. The lowest BCUT2D eigenvalue weighted by molar-refractivity contribution is 0.0636. The molecule has 0 unspecified atom stereocenters. The molecule has 2 aromatic rings. The van der Waals surface area contributed by atoms with E-state index in [1.807, 2.05) is 0 Å². The maximum atomic E-state index is 13.4. The summed E-state index contributed by atoms with van der Waals surface area (Å²) in [6.07, 6.45) is -0.650. The van der Waals surface area contributed by atoms with E-state index in [-0.39, 0.29) is 11.6 Å². The quantitative estimate of drug-likeness (QED) is 0.885. The minimum Gasteiger partial charge on any atom is -0.444 e. The van der Waals surface area contributed by atoms with Crippen molar-refractivity contribution in [3.05, 3.63) is 30.1 Å². The molecule has 0 aliphatic rings. The van der Waals surface area contributed by atoms with Crippen LogP contribution in [0.25, 0.3) is 11.3 Å². The minimum atomic E-state index is -0.650. The number of benzene rings is 1. The van der Waals surface area contributed by atoms with Crippen molar-refractivity contribution in [3.8, 4) is 11.3 Å². The normalized spacial score (nSPS) is 11.2. The van der Waals surface area contributed by atoms with Crippen molar-refractivity contribution in [1.29, 1.82) is 0 Å². The Bertz CT molecular complexity index is 662. The Morgan fingerprint density at radius 3 is 2.67 bits per heavy atom. The number of hydrogen-bond acceptors (Lipinski definition) is 5. The molecule has 0 bridgehead atoms. The lowest BCUT2D eigenvalue weighted by Gasteiger charge is -2.20. The molecule has 3 N–H and O–H groups in total. The highest BCUT2D eigenvalue weighted by molar-refractivity contribution is 5.90. The largest absolute Gasteiger partial charge is 0.444 e. The third-order valence-corrected chi connectivity index (χ3v) is 2.41. The van der Waals surface area contributed by atoms with Crippen molar-refractivity contribution in [2.75, 3.05) is 11.1 Å². The van der Waals surface area contributed by atoms with E-state index in [2.05, 4.69) is 10.5 Å². The van der Waals surface area contributed by atoms with Crippen LogP contribution in [0, 0.1) is 5.82 Å². The van der Waals surface area contributed by atoms with Gasteiger partial charge in [0.05, 0.1) is 5.69 Å². The minimum absolute atomic E-state index is 0.164. The number of hydrogen-bond donors (Lipinski definition) is 2. The zero-order valence-electron chi connectivity index (χ0n) is 11.9. The van der Waals surface area contributed by atoms with Gasteiger partial charge in [-0.25, -0.2) is 9.18 Å². The number of halogens is 1. The molecule has 1 aromatic heterocycles. The number of amides is 1. The highest BCUT2D eigenvalue weighted by Gasteiger charge is 2.19. The second-order valence-electron chi connectivity index (χ2n) is 5.43. The number of nitrogens with one attached hydrogen (secondary N) is 1. The molecule has 1 amide bonds. The Balaban J connectivity index is 2.30. The van der Waals surface area contributed by atoms with Crippen molar-refractivity contribution in [2.24, 2.45) is 0 Å². The van der Waals surface area contributed by atoms with E-state index in [4.69, 9.17) is 15.0 Å². The molecule has 1 heterocycles. The Morgan fingerprint density at radius 1 is 1.38 bits per heavy atom. The molecule has 0 aliphatic heterocycles. The summed E-state index contributed by atoms with van der Waals surface area (Å²) in [5, 5.41) is 6.08. The van der Waals surface area contributed by atoms with E-state index >= 15 is 0 Å². The molecule has 0 saturated heterocycles. The summed E-state index contributed by atoms with van der Waals surface area (Å²) < 4.78 is 23.6. The number of nitrogen functional groups attached to an aromatic ring is 1. The van der Waals surface area contributed by atoms with Gasteiger partial charge in [-0.2, -0.15) is 0 Å². The van der Waals surface area contributed by atoms with Crippen LogP contribution in [-0.2, 0) is 4.74 Å². The Morgan fingerprint density at radius 2 is 2.10 bits per heavy atom. The third-order valence-electron chi connectivity index (χ3n) is 2.41. The van der Waals surface area contributed by atoms with Crippen LogP contribution in [0.3, 0.4) is 0 Å². The monoisotopic (exact) mass is 293 g/mol. The number of nitrogens with two attached hydrogens (primary N) is 1. The number of nitrogens with zero attached hydrogens (tertiary/aromatic N) is 1. The zero-order valence-corrected chi connectivity index (χ0v) is 11.9. The van der Waals surface area contributed by atoms with Crippen LogP contribution in [0.4, 0.5) is 20.7 Å². The molecule has 1 aromatic carbocycles. The molecule has 21 heavy (non-hydrogen) atoms. The van der Waals surface area contributed by atoms with E-state index in [0.29, 0.717) is 11.3 Å². The number of aromatic nitrogens is 1. The van der Waals surface area contributed by atoms with Gasteiger partial charge in [0.2, 0.25) is 0 Å². The molecule has 0 spiro atoms. The van der Waals surface area contributed by atoms with Crippen LogP contribution < -0.4 is 11.1 Å². The van der Waals surface area contributed by atoms with Crippen LogP contribution in [0.2, 0.25) is 0 Å². The zero-order chi connectivity index (χ0) is 15.6. The van der Waals surface area contributed by atoms with Gasteiger partial charge in [-0.05, 0) is 39.0 Å². The number of anilines is 2. The summed E-state index contributed by atoms with van der Waals surface area (Å²) >= 11 is 0. The van der Waals surface area contributed by atoms with Gasteiger partial charge in [0.1, 0.15) is 11.4 Å². The second-order valence-corrected chi connectivity index (χ2v) is 5.43. The lowest BCUT2D eigenvalue weighted by atomic mass is 10.1. The summed E-state index contributed by atoms with van der Waals surface area (Å²) in [6.45, 7) is 5.24. The maximum absolute atomic E-state index is 13.4. The molecular weight excluding hydrogens is 277 g/mol. The van der Waals surface area contributed by atoms with Gasteiger partial charge >= 0.3 is 6.09 Å². The third kappa shape index (κ3) is 3.95. The van der Waals surface area contributed by atoms with E-state index in [0.717, 1.165) is 0 Å². The van der Waals surface area contributed by atoms with Gasteiger partial charge in [0.15, 0.2) is 11.6 Å². The number of rotatable bonds is 2. The number of carbonyl (C=O) groups is 1. The Kier molecular flexibility index (Phi) is 3.84. The van der Waals surface area contributed by atoms with Crippen LogP contribution in [-0.4, -0.2) is 16.9 Å². The first-order valence-corrected chi connectivity index (χ1v) is 6.27. The van der Waals surface area contributed by atoms with E-state index in [1.165, 1.54) is 24.3 Å². The first kappa shape index (κ1) is 14.8. The van der Waals surface area contributed by atoms with Gasteiger partial charge in [-0.3, -0.25) is 5.32 Å². The Hall–Kier alpha value is -2.57. The standard InChI is InChI=1S/C14H16FN3O3/c1-14(2,3)20-13(19)17-10-5-4-8(15)6-9(10)11-7-12(16)18-21-11/h4-7H,1-3H3,(H2,16,18)(H,17,19). The van der Waals surface area contributed by atoms with Gasteiger partial charge in [-0.15, -0.1) is 0 Å². The summed E-state index contributed by atoms with van der Waals surface area (Å²) in [7, 11) is 0. The SMILES string of the molecule is CC(C)(C)OC(=O)Nc1ccc(F)cc1-c1cc(N)no1. The van der Waals surface area contributed by atoms with Crippen molar-refractivity contribution >= 4 is 17.6 Å². The summed E-state index contributed by atoms with van der Waals surface area (Å²) in [4.78, 5) is 11.8. The summed E-state index contributed by atoms with van der Waals surface area (Å²) in [5.41, 5.74) is 5.50. The van der Waals surface area contributed by atoms with E-state index < -0.39 is 17.5 Å². The topological polar surface area (TPSA) is 90.4 Å². The number of ether oxygens (including phenoxy) is 1. The lowest BCUT2D eigenvalue weighted by Crippen LogP contribution is -2.27. The predicted octanol–water partition coefficient (Wildman–Crippen LogP) is 3.41. The molecule has 0 aliphatic carbocycles. The molecule has 2 rings (SSSR count). The van der Waals surface area contributed by atoms with Gasteiger partial charge in [0, 0.05) is 11.6 Å². The molecule has 7 heteroatoms. The molecule has 0 atom stereocenters. The fourth-order valence-electron chi connectivity index (χ4n) is 1.66. The van der Waals surface area contributed by atoms with Gasteiger partial charge in [-0.1, -0.05) is 5.16 Å². The smallest absolute Gasteiger partial charge is 0.412 e. The molecular formula is C14H16FN3O3. The van der Waals surface area contributed by atoms with Crippen LogP contribution in [0.5, 0.6) is 0 Å². The summed E-state index contributed by atoms with van der Waals surface area (Å²) in [5.74, 6) is -0.0646. The van der Waals surface area contributed by atoms with Crippen molar-refractivity contribution in [3.63, 3.8) is 0 Å². The molecule has 0 fully saturated rings. The predicted molar refractivity (Wildman–Crippen MR) is 76.2 cm³/mol. The van der Waals surface area contributed by atoms with E-state index in [9.17, 15) is 9.18 Å². The molecule has 112 valence electrons. The van der Waals surface area contributed by atoms with Crippen molar-refractivity contribution in [2.45, 2.75) is 26.4 Å². The fourth-order valence-corrected chi connectivity index (χ4v) is 1.66. The summed E-state index contributed by atoms with van der Waals surface area (Å²) in [6, 6.07) is 5.28. The average Bonchev–Trinajstić information content (AvgIpc) is 2.75. The first-order chi connectivity index (χ1) is 9.74.